The van der Waals surface area contributed by atoms with Crippen LogP contribution in [0.3, 0.4) is 0 Å². The van der Waals surface area contributed by atoms with Gasteiger partial charge in [0.25, 0.3) is 0 Å². The SMILES string of the molecule is CCC(=O)CCCSc1ccc(C)cc1. The van der Waals surface area contributed by atoms with Crippen LogP contribution in [0.2, 0.25) is 0 Å². The molecule has 0 fully saturated rings. The van der Waals surface area contributed by atoms with E-state index in [4.69, 9.17) is 0 Å². The van der Waals surface area contributed by atoms with Crippen LogP contribution in [0.1, 0.15) is 31.7 Å². The van der Waals surface area contributed by atoms with Gasteiger partial charge in [0, 0.05) is 17.7 Å². The number of aryl methyl sites for hydroxylation is 1. The van der Waals surface area contributed by atoms with E-state index in [9.17, 15) is 4.79 Å². The fraction of sp³-hybridized carbons (Fsp3) is 0.462. The fourth-order valence-corrected chi connectivity index (χ4v) is 2.12. The second kappa shape index (κ2) is 6.67. The molecule has 0 aliphatic carbocycles. The Hall–Kier alpha value is -0.760. The summed E-state index contributed by atoms with van der Waals surface area (Å²) in [6, 6.07) is 8.53. The van der Waals surface area contributed by atoms with E-state index >= 15 is 0 Å². The minimum Gasteiger partial charge on any atom is -0.300 e. The molecule has 0 amide bonds. The number of benzene rings is 1. The van der Waals surface area contributed by atoms with Crippen LogP contribution in [0, 0.1) is 6.92 Å². The molecule has 0 aliphatic rings. The molecule has 0 radical (unpaired) electrons. The Morgan fingerprint density at radius 1 is 1.27 bits per heavy atom. The minimum absolute atomic E-state index is 0.375. The number of hydrogen-bond donors (Lipinski definition) is 0. The molecular weight excluding hydrogens is 204 g/mol. The Balaban J connectivity index is 2.20. The van der Waals surface area contributed by atoms with E-state index in [2.05, 4.69) is 31.2 Å². The van der Waals surface area contributed by atoms with Crippen LogP contribution in [0.5, 0.6) is 0 Å². The summed E-state index contributed by atoms with van der Waals surface area (Å²) in [5.74, 6) is 1.41. The summed E-state index contributed by atoms with van der Waals surface area (Å²) in [4.78, 5) is 12.4. The highest BCUT2D eigenvalue weighted by atomic mass is 32.2. The number of rotatable bonds is 6. The monoisotopic (exact) mass is 222 g/mol. The van der Waals surface area contributed by atoms with Crippen molar-refractivity contribution in [1.82, 2.24) is 0 Å². The summed E-state index contributed by atoms with van der Waals surface area (Å²) in [6.45, 7) is 4.02. The number of carbonyl (C=O) groups is 1. The van der Waals surface area contributed by atoms with Crippen molar-refractivity contribution in [2.45, 2.75) is 38.0 Å². The van der Waals surface area contributed by atoms with Crippen molar-refractivity contribution >= 4 is 17.5 Å². The first-order valence-electron chi connectivity index (χ1n) is 5.43. The molecule has 82 valence electrons. The highest BCUT2D eigenvalue weighted by Crippen LogP contribution is 2.19. The second-order valence-corrected chi connectivity index (χ2v) is 4.83. The Labute approximate surface area is 96.3 Å². The van der Waals surface area contributed by atoms with Crippen molar-refractivity contribution in [3.63, 3.8) is 0 Å². The van der Waals surface area contributed by atoms with Crippen molar-refractivity contribution in [1.29, 1.82) is 0 Å². The first-order valence-corrected chi connectivity index (χ1v) is 6.42. The molecule has 0 unspecified atom stereocenters. The van der Waals surface area contributed by atoms with Gasteiger partial charge in [0.2, 0.25) is 0 Å². The number of Topliss-reactive ketones (excluding diaryl/α,β-unsaturated/α-hetero) is 1. The van der Waals surface area contributed by atoms with Gasteiger partial charge in [0.05, 0.1) is 0 Å². The van der Waals surface area contributed by atoms with Crippen molar-refractivity contribution in [3.05, 3.63) is 29.8 Å². The Morgan fingerprint density at radius 3 is 2.53 bits per heavy atom. The predicted molar refractivity (Wildman–Crippen MR) is 66.4 cm³/mol. The van der Waals surface area contributed by atoms with Gasteiger partial charge in [-0.15, -0.1) is 11.8 Å². The first kappa shape index (κ1) is 12.3. The molecule has 1 aromatic carbocycles. The molecule has 0 aliphatic heterocycles. The fourth-order valence-electron chi connectivity index (χ4n) is 1.27. The number of hydrogen-bond acceptors (Lipinski definition) is 2. The van der Waals surface area contributed by atoms with Crippen LogP contribution in [0.25, 0.3) is 0 Å². The first-order chi connectivity index (χ1) is 7.22. The van der Waals surface area contributed by atoms with Crippen molar-refractivity contribution < 1.29 is 4.79 Å². The molecule has 0 aromatic heterocycles. The maximum Gasteiger partial charge on any atom is 0.132 e. The lowest BCUT2D eigenvalue weighted by Crippen LogP contribution is -1.95. The van der Waals surface area contributed by atoms with Gasteiger partial charge in [-0.05, 0) is 31.2 Å². The summed E-state index contributed by atoms with van der Waals surface area (Å²) in [5.41, 5.74) is 1.29. The van der Waals surface area contributed by atoms with E-state index in [0.29, 0.717) is 12.2 Å². The van der Waals surface area contributed by atoms with E-state index in [1.807, 2.05) is 18.7 Å². The molecule has 0 atom stereocenters. The van der Waals surface area contributed by atoms with E-state index in [1.165, 1.54) is 10.5 Å². The lowest BCUT2D eigenvalue weighted by Gasteiger charge is -2.01. The third-order valence-electron chi connectivity index (χ3n) is 2.28. The standard InChI is InChI=1S/C13H18OS/c1-3-12(14)5-4-10-15-13-8-6-11(2)7-9-13/h6-9H,3-5,10H2,1-2H3. The third kappa shape index (κ3) is 5.03. The summed E-state index contributed by atoms with van der Waals surface area (Å²) in [6.07, 6.45) is 2.40. The topological polar surface area (TPSA) is 17.1 Å². The zero-order valence-electron chi connectivity index (χ0n) is 9.45. The van der Waals surface area contributed by atoms with Crippen molar-refractivity contribution in [2.24, 2.45) is 0 Å². The minimum atomic E-state index is 0.375. The normalized spacial score (nSPS) is 10.3. The molecule has 1 aromatic rings. The van der Waals surface area contributed by atoms with Gasteiger partial charge >= 0.3 is 0 Å². The van der Waals surface area contributed by atoms with Gasteiger partial charge in [-0.2, -0.15) is 0 Å². The number of carbonyl (C=O) groups excluding carboxylic acids is 1. The largest absolute Gasteiger partial charge is 0.300 e. The molecule has 0 spiro atoms. The summed E-state index contributed by atoms with van der Waals surface area (Å²) in [5, 5.41) is 0. The van der Waals surface area contributed by atoms with Gasteiger partial charge in [-0.3, -0.25) is 4.79 Å². The van der Waals surface area contributed by atoms with Gasteiger partial charge in [0.15, 0.2) is 0 Å². The summed E-state index contributed by atoms with van der Waals surface area (Å²) in [7, 11) is 0. The molecule has 0 saturated carbocycles. The molecule has 1 rings (SSSR count). The summed E-state index contributed by atoms with van der Waals surface area (Å²) >= 11 is 1.83. The molecule has 15 heavy (non-hydrogen) atoms. The number of thioether (sulfide) groups is 1. The van der Waals surface area contributed by atoms with Crippen LogP contribution >= 0.6 is 11.8 Å². The van der Waals surface area contributed by atoms with E-state index in [-0.39, 0.29) is 0 Å². The average molecular weight is 222 g/mol. The van der Waals surface area contributed by atoms with Gasteiger partial charge in [0.1, 0.15) is 5.78 Å². The summed E-state index contributed by atoms with van der Waals surface area (Å²) < 4.78 is 0. The lowest BCUT2D eigenvalue weighted by molar-refractivity contribution is -0.118. The zero-order valence-corrected chi connectivity index (χ0v) is 10.3. The predicted octanol–water partition coefficient (Wildman–Crippen LogP) is 3.85. The van der Waals surface area contributed by atoms with E-state index < -0.39 is 0 Å². The Bertz CT molecular complexity index is 303. The molecule has 0 N–H and O–H groups in total. The highest BCUT2D eigenvalue weighted by Gasteiger charge is 1.98. The van der Waals surface area contributed by atoms with Gasteiger partial charge in [-0.1, -0.05) is 24.6 Å². The van der Waals surface area contributed by atoms with Crippen LogP contribution in [-0.2, 0) is 4.79 Å². The van der Waals surface area contributed by atoms with Crippen LogP contribution < -0.4 is 0 Å². The van der Waals surface area contributed by atoms with Crippen LogP contribution in [-0.4, -0.2) is 11.5 Å². The van der Waals surface area contributed by atoms with Crippen molar-refractivity contribution in [3.8, 4) is 0 Å². The maximum absolute atomic E-state index is 11.1. The lowest BCUT2D eigenvalue weighted by atomic mass is 10.2. The third-order valence-corrected chi connectivity index (χ3v) is 3.38. The second-order valence-electron chi connectivity index (χ2n) is 3.66. The molecule has 0 saturated heterocycles. The molecule has 0 heterocycles. The van der Waals surface area contributed by atoms with Crippen LogP contribution in [0.4, 0.5) is 0 Å². The smallest absolute Gasteiger partial charge is 0.132 e. The highest BCUT2D eigenvalue weighted by molar-refractivity contribution is 7.99. The molecule has 1 nitrogen and oxygen atoms in total. The Morgan fingerprint density at radius 2 is 1.93 bits per heavy atom. The van der Waals surface area contributed by atoms with Gasteiger partial charge < -0.3 is 0 Å². The van der Waals surface area contributed by atoms with E-state index in [0.717, 1.165) is 18.6 Å². The zero-order chi connectivity index (χ0) is 11.1. The molecule has 0 bridgehead atoms. The van der Waals surface area contributed by atoms with Crippen molar-refractivity contribution in [2.75, 3.05) is 5.75 Å². The maximum atomic E-state index is 11.1. The van der Waals surface area contributed by atoms with Gasteiger partial charge in [-0.25, -0.2) is 0 Å². The molecular formula is C13H18OS. The Kier molecular flexibility index (Phi) is 5.48. The quantitative estimate of drug-likeness (QED) is 0.537. The average Bonchev–Trinajstić information content (AvgIpc) is 2.26. The number of ketones is 1. The van der Waals surface area contributed by atoms with Crippen LogP contribution in [0.15, 0.2) is 29.2 Å². The van der Waals surface area contributed by atoms with E-state index in [1.54, 1.807) is 0 Å². The molecule has 2 heteroatoms.